The van der Waals surface area contributed by atoms with Crippen LogP contribution in [-0.4, -0.2) is 84.4 Å². The van der Waals surface area contributed by atoms with Crippen LogP contribution in [0.1, 0.15) is 25.0 Å². The fourth-order valence-corrected chi connectivity index (χ4v) is 5.02. The molecule has 4 atom stereocenters. The minimum absolute atomic E-state index is 0.203. The number of amides is 3. The van der Waals surface area contributed by atoms with Crippen LogP contribution in [-0.2, 0) is 14.3 Å². The Hall–Kier alpha value is -2.65. The molecule has 9 nitrogen and oxygen atoms in total. The zero-order chi connectivity index (χ0) is 22.4. The summed E-state index contributed by atoms with van der Waals surface area (Å²) < 4.78 is 4.97. The van der Waals surface area contributed by atoms with Crippen LogP contribution in [0.25, 0.3) is 0 Å². The Labute approximate surface area is 182 Å². The molecule has 31 heavy (non-hydrogen) atoms. The van der Waals surface area contributed by atoms with E-state index in [2.05, 4.69) is 54.1 Å². The van der Waals surface area contributed by atoms with Gasteiger partial charge >= 0.3 is 12.0 Å². The number of anilines is 1. The van der Waals surface area contributed by atoms with Gasteiger partial charge in [-0.05, 0) is 49.9 Å². The van der Waals surface area contributed by atoms with Gasteiger partial charge in [-0.2, -0.15) is 0 Å². The van der Waals surface area contributed by atoms with Crippen LogP contribution >= 0.6 is 0 Å². The van der Waals surface area contributed by atoms with Gasteiger partial charge in [0.25, 0.3) is 5.91 Å². The lowest BCUT2D eigenvalue weighted by molar-refractivity contribution is -0.151. The number of esters is 1. The number of ether oxygens (including phenoxy) is 1. The second kappa shape index (κ2) is 8.12. The first kappa shape index (κ1) is 21.6. The molecular formula is C22H31N5O4. The molecule has 3 fully saturated rings. The van der Waals surface area contributed by atoms with E-state index in [0.717, 1.165) is 23.7 Å². The van der Waals surface area contributed by atoms with E-state index < -0.39 is 24.2 Å². The molecule has 1 N–H and O–H groups in total. The molecule has 1 aromatic rings. The first-order valence-corrected chi connectivity index (χ1v) is 10.8. The van der Waals surface area contributed by atoms with Crippen molar-refractivity contribution in [1.29, 1.82) is 0 Å². The van der Waals surface area contributed by atoms with Gasteiger partial charge in [-0.1, -0.05) is 13.0 Å². The maximum absolute atomic E-state index is 13.4. The van der Waals surface area contributed by atoms with Crippen molar-refractivity contribution >= 4 is 23.6 Å². The van der Waals surface area contributed by atoms with Crippen molar-refractivity contribution in [2.45, 2.75) is 46.2 Å². The van der Waals surface area contributed by atoms with E-state index in [-0.39, 0.29) is 25.3 Å². The Bertz CT molecular complexity index is 886. The van der Waals surface area contributed by atoms with Crippen molar-refractivity contribution < 1.29 is 19.1 Å². The SMILES string of the molecule is CCOC(=O)CN1C(=O)C2C(NC3N(c4cc(C)cc(C)c4)CC(C)CN23)N(C)C1=O. The number of hydrogen-bond donors (Lipinski definition) is 1. The van der Waals surface area contributed by atoms with E-state index in [1.807, 2.05) is 0 Å². The number of fused-ring (bicyclic) bond motifs is 3. The number of rotatable bonds is 4. The molecule has 4 unspecified atom stereocenters. The summed E-state index contributed by atoms with van der Waals surface area (Å²) in [6, 6.07) is 5.39. The van der Waals surface area contributed by atoms with Crippen LogP contribution in [0.2, 0.25) is 0 Å². The second-order valence-corrected chi connectivity index (χ2v) is 8.85. The molecule has 1 aromatic carbocycles. The quantitative estimate of drug-likeness (QED) is 0.718. The fraction of sp³-hybridized carbons (Fsp3) is 0.591. The first-order chi connectivity index (χ1) is 14.7. The third kappa shape index (κ3) is 3.76. The standard InChI is InChI=1S/C22H31N5O4/c1-6-31-17(28)12-27-20(29)18-19(24(5)22(27)30)23-21-25(10-15(4)11-26(18)21)16-8-13(2)7-14(3)9-16/h7-9,15,18-19,21,23H,6,10-12H2,1-5H3. The predicted molar refractivity (Wildman–Crippen MR) is 115 cm³/mol. The van der Waals surface area contributed by atoms with Crippen LogP contribution in [0.3, 0.4) is 0 Å². The molecule has 3 heterocycles. The van der Waals surface area contributed by atoms with Crippen molar-refractivity contribution in [2.24, 2.45) is 5.92 Å². The Morgan fingerprint density at radius 1 is 1.16 bits per heavy atom. The predicted octanol–water partition coefficient (Wildman–Crippen LogP) is 1.10. The molecule has 0 aromatic heterocycles. The normalized spacial score (nSPS) is 28.6. The van der Waals surface area contributed by atoms with E-state index in [0.29, 0.717) is 5.92 Å². The molecule has 0 radical (unpaired) electrons. The number of nitrogens with zero attached hydrogens (tertiary/aromatic N) is 4. The Morgan fingerprint density at radius 2 is 1.84 bits per heavy atom. The van der Waals surface area contributed by atoms with E-state index in [1.54, 1.807) is 14.0 Å². The van der Waals surface area contributed by atoms with Crippen molar-refractivity contribution in [3.63, 3.8) is 0 Å². The summed E-state index contributed by atoms with van der Waals surface area (Å²) in [6.07, 6.45) is -0.670. The topological polar surface area (TPSA) is 85.4 Å². The van der Waals surface area contributed by atoms with Gasteiger partial charge in [0.1, 0.15) is 25.0 Å². The third-order valence-electron chi connectivity index (χ3n) is 6.22. The maximum atomic E-state index is 13.4. The molecule has 9 heteroatoms. The van der Waals surface area contributed by atoms with Gasteiger partial charge in [-0.3, -0.25) is 24.7 Å². The van der Waals surface area contributed by atoms with Gasteiger partial charge in [-0.25, -0.2) is 4.79 Å². The van der Waals surface area contributed by atoms with Crippen LogP contribution in [0.4, 0.5) is 10.5 Å². The molecule has 4 rings (SSSR count). The summed E-state index contributed by atoms with van der Waals surface area (Å²) in [5.74, 6) is -0.611. The smallest absolute Gasteiger partial charge is 0.328 e. The molecular weight excluding hydrogens is 398 g/mol. The zero-order valence-electron chi connectivity index (χ0n) is 18.8. The van der Waals surface area contributed by atoms with Gasteiger partial charge in [0, 0.05) is 25.8 Å². The lowest BCUT2D eigenvalue weighted by Gasteiger charge is -2.46. The first-order valence-electron chi connectivity index (χ1n) is 10.8. The molecule has 0 bridgehead atoms. The largest absolute Gasteiger partial charge is 0.465 e. The average molecular weight is 430 g/mol. The third-order valence-corrected chi connectivity index (χ3v) is 6.22. The van der Waals surface area contributed by atoms with Gasteiger partial charge in [0.15, 0.2) is 0 Å². The molecule has 0 spiro atoms. The maximum Gasteiger partial charge on any atom is 0.328 e. The van der Waals surface area contributed by atoms with Crippen LogP contribution in [0.15, 0.2) is 18.2 Å². The highest BCUT2D eigenvalue weighted by molar-refractivity contribution is 6.02. The monoisotopic (exact) mass is 429 g/mol. The molecule has 3 aliphatic rings. The van der Waals surface area contributed by atoms with Gasteiger partial charge in [0.05, 0.1) is 6.61 Å². The fourth-order valence-electron chi connectivity index (χ4n) is 5.02. The lowest BCUT2D eigenvalue weighted by atomic mass is 10.0. The minimum Gasteiger partial charge on any atom is -0.465 e. The number of aryl methyl sites for hydroxylation is 2. The van der Waals surface area contributed by atoms with Gasteiger partial charge in [0.2, 0.25) is 0 Å². The Morgan fingerprint density at radius 3 is 2.48 bits per heavy atom. The van der Waals surface area contributed by atoms with Crippen molar-refractivity contribution in [3.05, 3.63) is 29.3 Å². The Kier molecular flexibility index (Phi) is 5.65. The lowest BCUT2D eigenvalue weighted by Crippen LogP contribution is -2.67. The van der Waals surface area contributed by atoms with Crippen LogP contribution in [0, 0.1) is 19.8 Å². The zero-order valence-corrected chi connectivity index (χ0v) is 18.8. The number of hydrogen-bond acceptors (Lipinski definition) is 7. The minimum atomic E-state index is -0.581. The molecule has 0 saturated carbocycles. The molecule has 0 aliphatic carbocycles. The number of benzene rings is 1. The number of urea groups is 1. The number of carbonyl (C=O) groups is 3. The van der Waals surface area contributed by atoms with E-state index in [1.165, 1.54) is 16.0 Å². The number of imide groups is 1. The Balaban J connectivity index is 1.65. The second-order valence-electron chi connectivity index (χ2n) is 8.85. The molecule has 3 amide bonds. The van der Waals surface area contributed by atoms with Crippen molar-refractivity contribution in [1.82, 2.24) is 20.0 Å². The highest BCUT2D eigenvalue weighted by atomic mass is 16.5. The summed E-state index contributed by atoms with van der Waals surface area (Å²) in [5.41, 5.74) is 3.45. The van der Waals surface area contributed by atoms with E-state index in [9.17, 15) is 14.4 Å². The van der Waals surface area contributed by atoms with Crippen LogP contribution in [0.5, 0.6) is 0 Å². The van der Waals surface area contributed by atoms with Crippen LogP contribution < -0.4 is 10.2 Å². The van der Waals surface area contributed by atoms with Gasteiger partial charge in [-0.15, -0.1) is 0 Å². The van der Waals surface area contributed by atoms with Gasteiger partial charge < -0.3 is 14.5 Å². The highest BCUT2D eigenvalue weighted by Crippen LogP contribution is 2.35. The number of nitrogens with one attached hydrogen (secondary N) is 1. The average Bonchev–Trinajstić information content (AvgIpc) is 3.08. The summed E-state index contributed by atoms with van der Waals surface area (Å²) in [6.45, 7) is 9.42. The summed E-state index contributed by atoms with van der Waals surface area (Å²) in [7, 11) is 1.67. The van der Waals surface area contributed by atoms with Crippen molar-refractivity contribution in [2.75, 3.05) is 38.2 Å². The van der Waals surface area contributed by atoms with E-state index in [4.69, 9.17) is 4.74 Å². The molecule has 3 saturated heterocycles. The summed E-state index contributed by atoms with van der Waals surface area (Å²) >= 11 is 0. The summed E-state index contributed by atoms with van der Waals surface area (Å²) in [4.78, 5) is 45.2. The number of likely N-dealkylation sites (N-methyl/N-ethyl adjacent to an activating group) is 1. The molecule has 3 aliphatic heterocycles. The molecule has 168 valence electrons. The number of carbonyl (C=O) groups excluding carboxylic acids is 3. The summed E-state index contributed by atoms with van der Waals surface area (Å²) in [5, 5.41) is 3.51. The highest BCUT2D eigenvalue weighted by Gasteiger charge is 2.57. The van der Waals surface area contributed by atoms with E-state index >= 15 is 0 Å². The van der Waals surface area contributed by atoms with Crippen molar-refractivity contribution in [3.8, 4) is 0 Å².